The highest BCUT2D eigenvalue weighted by molar-refractivity contribution is 6.69. The number of hydrogen-bond donors (Lipinski definition) is 0. The van der Waals surface area contributed by atoms with E-state index in [1.165, 1.54) is 0 Å². The van der Waals surface area contributed by atoms with Gasteiger partial charge in [0.05, 0.1) is 6.20 Å². The van der Waals surface area contributed by atoms with Crippen LogP contribution in [0.15, 0.2) is 12.4 Å². The molecule has 0 aliphatic rings. The summed E-state index contributed by atoms with van der Waals surface area (Å²) >= 11 is 0. The molecule has 0 bridgehead atoms. The van der Waals surface area contributed by atoms with Crippen molar-refractivity contribution in [2.45, 2.75) is 39.6 Å². The zero-order valence-electron chi connectivity index (χ0n) is 9.10. The SMILES string of the molecule is CC(OCn1ccnn1)O[Si](C)(C)C. The van der Waals surface area contributed by atoms with E-state index in [-0.39, 0.29) is 6.29 Å². The van der Waals surface area contributed by atoms with E-state index in [1.54, 1.807) is 17.1 Å². The Bertz CT molecular complexity index is 258. The first kappa shape index (κ1) is 11.4. The van der Waals surface area contributed by atoms with Crippen molar-refractivity contribution in [2.24, 2.45) is 0 Å². The molecule has 0 aromatic carbocycles. The Morgan fingerprint density at radius 1 is 1.43 bits per heavy atom. The first-order chi connectivity index (χ1) is 6.47. The van der Waals surface area contributed by atoms with Crippen LogP contribution in [0.3, 0.4) is 0 Å². The van der Waals surface area contributed by atoms with E-state index >= 15 is 0 Å². The zero-order chi connectivity index (χ0) is 10.6. The predicted molar refractivity (Wildman–Crippen MR) is 55.0 cm³/mol. The molecule has 80 valence electrons. The third-order valence-corrected chi connectivity index (χ3v) is 2.47. The van der Waals surface area contributed by atoms with Crippen LogP contribution in [0, 0.1) is 0 Å². The maximum absolute atomic E-state index is 5.69. The molecule has 0 fully saturated rings. The summed E-state index contributed by atoms with van der Waals surface area (Å²) in [4.78, 5) is 0. The molecular formula is C8H17N3O2Si. The van der Waals surface area contributed by atoms with Gasteiger partial charge in [-0.2, -0.15) is 0 Å². The van der Waals surface area contributed by atoms with Crippen molar-refractivity contribution in [3.63, 3.8) is 0 Å². The third kappa shape index (κ3) is 4.50. The lowest BCUT2D eigenvalue weighted by molar-refractivity contribution is -0.104. The van der Waals surface area contributed by atoms with E-state index in [2.05, 4.69) is 30.0 Å². The Hall–Kier alpha value is -0.723. The molecule has 1 atom stereocenters. The molecule has 1 aromatic rings. The van der Waals surface area contributed by atoms with Gasteiger partial charge in [-0.3, -0.25) is 0 Å². The monoisotopic (exact) mass is 215 g/mol. The summed E-state index contributed by atoms with van der Waals surface area (Å²) in [7, 11) is -1.51. The van der Waals surface area contributed by atoms with Crippen molar-refractivity contribution in [1.29, 1.82) is 0 Å². The Kier molecular flexibility index (Phi) is 3.79. The van der Waals surface area contributed by atoms with Gasteiger partial charge < -0.3 is 9.16 Å². The predicted octanol–water partition coefficient (Wildman–Crippen LogP) is 1.45. The Morgan fingerprint density at radius 3 is 2.64 bits per heavy atom. The van der Waals surface area contributed by atoms with Crippen molar-refractivity contribution in [1.82, 2.24) is 15.0 Å². The van der Waals surface area contributed by atoms with Gasteiger partial charge in [-0.05, 0) is 26.6 Å². The minimum absolute atomic E-state index is 0.189. The highest BCUT2D eigenvalue weighted by atomic mass is 28.4. The standard InChI is InChI=1S/C8H17N3O2Si/c1-8(13-14(2,3)4)12-7-11-6-5-9-10-11/h5-6,8H,7H2,1-4H3. The van der Waals surface area contributed by atoms with Crippen LogP contribution >= 0.6 is 0 Å². The minimum atomic E-state index is -1.51. The molecule has 0 aliphatic heterocycles. The summed E-state index contributed by atoms with van der Waals surface area (Å²) in [5, 5.41) is 7.46. The van der Waals surface area contributed by atoms with E-state index in [0.717, 1.165) is 0 Å². The highest BCUT2D eigenvalue weighted by Gasteiger charge is 2.18. The molecule has 5 nitrogen and oxygen atoms in total. The lowest BCUT2D eigenvalue weighted by Crippen LogP contribution is -2.32. The molecule has 6 heteroatoms. The van der Waals surface area contributed by atoms with Gasteiger partial charge in [0, 0.05) is 6.20 Å². The van der Waals surface area contributed by atoms with Gasteiger partial charge in [0.1, 0.15) is 13.0 Å². The van der Waals surface area contributed by atoms with Gasteiger partial charge in [0.2, 0.25) is 0 Å². The molecule has 0 spiro atoms. The fourth-order valence-electron chi connectivity index (χ4n) is 1.01. The van der Waals surface area contributed by atoms with Crippen LogP contribution in [-0.2, 0) is 15.9 Å². The summed E-state index contributed by atoms with van der Waals surface area (Å²) in [5.74, 6) is 0. The topological polar surface area (TPSA) is 49.2 Å². The van der Waals surface area contributed by atoms with E-state index in [9.17, 15) is 0 Å². The van der Waals surface area contributed by atoms with Gasteiger partial charge in [0.25, 0.3) is 0 Å². The summed E-state index contributed by atoms with van der Waals surface area (Å²) in [6.07, 6.45) is 3.18. The van der Waals surface area contributed by atoms with Crippen molar-refractivity contribution >= 4 is 8.32 Å². The maximum Gasteiger partial charge on any atom is 0.187 e. The fraction of sp³-hybridized carbons (Fsp3) is 0.750. The Balaban J connectivity index is 2.25. The van der Waals surface area contributed by atoms with Crippen molar-refractivity contribution in [3.05, 3.63) is 12.4 Å². The zero-order valence-corrected chi connectivity index (χ0v) is 10.1. The maximum atomic E-state index is 5.69. The third-order valence-electron chi connectivity index (χ3n) is 1.43. The van der Waals surface area contributed by atoms with Crippen LogP contribution in [0.4, 0.5) is 0 Å². The van der Waals surface area contributed by atoms with Gasteiger partial charge in [-0.25, -0.2) is 4.68 Å². The van der Waals surface area contributed by atoms with Crippen molar-refractivity contribution in [3.8, 4) is 0 Å². The second-order valence-electron chi connectivity index (χ2n) is 4.04. The Morgan fingerprint density at radius 2 is 2.14 bits per heavy atom. The molecule has 0 saturated heterocycles. The quantitative estimate of drug-likeness (QED) is 0.551. The molecule has 14 heavy (non-hydrogen) atoms. The average molecular weight is 215 g/mol. The van der Waals surface area contributed by atoms with Crippen molar-refractivity contribution < 1.29 is 9.16 Å². The molecule has 1 unspecified atom stereocenters. The highest BCUT2D eigenvalue weighted by Crippen LogP contribution is 2.08. The molecule has 1 heterocycles. The molecule has 0 radical (unpaired) electrons. The average Bonchev–Trinajstić information content (AvgIpc) is 2.49. The molecule has 0 aliphatic carbocycles. The van der Waals surface area contributed by atoms with Crippen LogP contribution in [-0.4, -0.2) is 29.6 Å². The second-order valence-corrected chi connectivity index (χ2v) is 8.50. The first-order valence-corrected chi connectivity index (χ1v) is 8.02. The molecular weight excluding hydrogens is 198 g/mol. The molecule has 1 aromatic heterocycles. The van der Waals surface area contributed by atoms with Crippen LogP contribution < -0.4 is 0 Å². The number of aromatic nitrogens is 3. The number of hydrogen-bond acceptors (Lipinski definition) is 4. The van der Waals surface area contributed by atoms with Gasteiger partial charge in [0.15, 0.2) is 8.32 Å². The fourth-order valence-corrected chi connectivity index (χ4v) is 2.08. The number of ether oxygens (including phenoxy) is 1. The molecule has 1 rings (SSSR count). The van der Waals surface area contributed by atoms with Crippen LogP contribution in [0.2, 0.25) is 19.6 Å². The second kappa shape index (κ2) is 4.67. The van der Waals surface area contributed by atoms with E-state index in [0.29, 0.717) is 6.73 Å². The van der Waals surface area contributed by atoms with E-state index < -0.39 is 8.32 Å². The number of nitrogens with zero attached hydrogens (tertiary/aromatic N) is 3. The normalized spacial score (nSPS) is 14.3. The van der Waals surface area contributed by atoms with Crippen LogP contribution in [0.1, 0.15) is 6.92 Å². The first-order valence-electron chi connectivity index (χ1n) is 4.61. The minimum Gasteiger partial charge on any atom is -0.393 e. The lowest BCUT2D eigenvalue weighted by atomic mass is 10.8. The summed E-state index contributed by atoms with van der Waals surface area (Å²) in [6, 6.07) is 0. The van der Waals surface area contributed by atoms with Gasteiger partial charge in [-0.15, -0.1) is 5.10 Å². The van der Waals surface area contributed by atoms with Gasteiger partial charge >= 0.3 is 0 Å². The van der Waals surface area contributed by atoms with E-state index in [4.69, 9.17) is 9.16 Å². The van der Waals surface area contributed by atoms with Crippen molar-refractivity contribution in [2.75, 3.05) is 0 Å². The molecule has 0 amide bonds. The summed E-state index contributed by atoms with van der Waals surface area (Å²) in [6.45, 7) is 8.66. The van der Waals surface area contributed by atoms with Crippen LogP contribution in [0.5, 0.6) is 0 Å². The number of rotatable bonds is 5. The summed E-state index contributed by atoms with van der Waals surface area (Å²) in [5.41, 5.74) is 0. The Labute approximate surface area is 85.1 Å². The largest absolute Gasteiger partial charge is 0.393 e. The van der Waals surface area contributed by atoms with Gasteiger partial charge in [-0.1, -0.05) is 5.21 Å². The van der Waals surface area contributed by atoms with Crippen LogP contribution in [0.25, 0.3) is 0 Å². The van der Waals surface area contributed by atoms with E-state index in [1.807, 2.05) is 6.92 Å². The smallest absolute Gasteiger partial charge is 0.187 e. The summed E-state index contributed by atoms with van der Waals surface area (Å²) < 4.78 is 12.7. The lowest BCUT2D eigenvalue weighted by Gasteiger charge is -2.23. The molecule has 0 saturated carbocycles. The molecule has 0 N–H and O–H groups in total.